The fourth-order valence-electron chi connectivity index (χ4n) is 2.41. The van der Waals surface area contributed by atoms with Crippen LogP contribution in [0.4, 0.5) is 11.4 Å². The number of furan rings is 1. The lowest BCUT2D eigenvalue weighted by Crippen LogP contribution is -2.09. The summed E-state index contributed by atoms with van der Waals surface area (Å²) in [6.07, 6.45) is 3.07. The summed E-state index contributed by atoms with van der Waals surface area (Å²) in [5.74, 6) is 0.706. The molecule has 0 radical (unpaired) electrons. The van der Waals surface area contributed by atoms with Gasteiger partial charge in [0.15, 0.2) is 5.78 Å². The molecule has 0 bridgehead atoms. The number of benzene rings is 2. The van der Waals surface area contributed by atoms with Crippen molar-refractivity contribution in [1.82, 2.24) is 0 Å². The molecule has 3 rings (SSSR count). The summed E-state index contributed by atoms with van der Waals surface area (Å²) >= 11 is 0. The molecular formula is C21H18N2O3. The van der Waals surface area contributed by atoms with Gasteiger partial charge < -0.3 is 15.5 Å². The lowest BCUT2D eigenvalue weighted by Gasteiger charge is -2.04. The fourth-order valence-corrected chi connectivity index (χ4v) is 2.41. The van der Waals surface area contributed by atoms with Crippen LogP contribution >= 0.6 is 0 Å². The number of amides is 1. The molecule has 2 aromatic carbocycles. The molecule has 1 aromatic heterocycles. The van der Waals surface area contributed by atoms with Crippen molar-refractivity contribution in [3.8, 4) is 0 Å². The summed E-state index contributed by atoms with van der Waals surface area (Å²) in [6, 6.07) is 19.5. The third kappa shape index (κ3) is 4.48. The van der Waals surface area contributed by atoms with Gasteiger partial charge in [-0.1, -0.05) is 42.5 Å². The van der Waals surface area contributed by atoms with Crippen LogP contribution in [0.15, 0.2) is 77.2 Å². The maximum Gasteiger partial charge on any atom is 0.248 e. The van der Waals surface area contributed by atoms with Crippen molar-refractivity contribution < 1.29 is 14.0 Å². The fraction of sp³-hybridized carbons (Fsp3) is 0.0476. The third-order valence-corrected chi connectivity index (χ3v) is 3.73. The molecule has 0 fully saturated rings. The highest BCUT2D eigenvalue weighted by Crippen LogP contribution is 2.17. The first-order valence-electron chi connectivity index (χ1n) is 8.12. The van der Waals surface area contributed by atoms with E-state index >= 15 is 0 Å². The van der Waals surface area contributed by atoms with Gasteiger partial charge in [-0.3, -0.25) is 9.59 Å². The summed E-state index contributed by atoms with van der Waals surface area (Å²) in [6.45, 7) is 0. The number of nitrogens with two attached hydrogens (primary N) is 1. The Hall–Kier alpha value is -3.60. The standard InChI is InChI=1S/C21H18N2O3/c22-18-8-4-5-9-19(18)23-21(25)13-12-16-10-11-17(26-16)14-20(24)15-6-2-1-3-7-15/h1-13H,14,22H2,(H,23,25)/b13-12+. The number of anilines is 2. The molecule has 3 N–H and O–H groups in total. The summed E-state index contributed by atoms with van der Waals surface area (Å²) in [5.41, 5.74) is 7.47. The van der Waals surface area contributed by atoms with E-state index in [1.54, 1.807) is 54.6 Å². The maximum absolute atomic E-state index is 12.2. The summed E-state index contributed by atoms with van der Waals surface area (Å²) in [7, 11) is 0. The Labute approximate surface area is 151 Å². The molecule has 0 aliphatic carbocycles. The molecule has 0 saturated carbocycles. The molecule has 0 saturated heterocycles. The number of rotatable bonds is 6. The van der Waals surface area contributed by atoms with Crippen LogP contribution in [-0.4, -0.2) is 11.7 Å². The molecule has 130 valence electrons. The SMILES string of the molecule is Nc1ccccc1NC(=O)/C=C/c1ccc(CC(=O)c2ccccc2)o1. The van der Waals surface area contributed by atoms with E-state index in [0.717, 1.165) is 0 Å². The van der Waals surface area contributed by atoms with Crippen molar-refractivity contribution in [2.24, 2.45) is 0 Å². The van der Waals surface area contributed by atoms with Crippen LogP contribution in [0, 0.1) is 0 Å². The minimum Gasteiger partial charge on any atom is -0.461 e. The van der Waals surface area contributed by atoms with E-state index in [0.29, 0.717) is 28.5 Å². The molecule has 5 nitrogen and oxygen atoms in total. The average Bonchev–Trinajstić information content (AvgIpc) is 3.10. The normalized spacial score (nSPS) is 10.8. The lowest BCUT2D eigenvalue weighted by molar-refractivity contribution is -0.111. The second-order valence-corrected chi connectivity index (χ2v) is 5.68. The van der Waals surface area contributed by atoms with Crippen molar-refractivity contribution in [3.63, 3.8) is 0 Å². The minimum absolute atomic E-state index is 0.0206. The predicted octanol–water partition coefficient (Wildman–Crippen LogP) is 3.94. The topological polar surface area (TPSA) is 85.3 Å². The zero-order valence-corrected chi connectivity index (χ0v) is 14.0. The number of nitrogens with one attached hydrogen (secondary N) is 1. The number of ketones is 1. The monoisotopic (exact) mass is 346 g/mol. The maximum atomic E-state index is 12.2. The Kier molecular flexibility index (Phi) is 5.29. The molecule has 0 aliphatic heterocycles. The van der Waals surface area contributed by atoms with Crippen LogP contribution in [-0.2, 0) is 11.2 Å². The first kappa shape index (κ1) is 17.2. The number of carbonyl (C=O) groups excluding carboxylic acids is 2. The predicted molar refractivity (Wildman–Crippen MR) is 102 cm³/mol. The van der Waals surface area contributed by atoms with Gasteiger partial charge in [-0.15, -0.1) is 0 Å². The van der Waals surface area contributed by atoms with E-state index in [9.17, 15) is 9.59 Å². The van der Waals surface area contributed by atoms with E-state index in [-0.39, 0.29) is 18.1 Å². The Morgan fingerprint density at radius 2 is 1.69 bits per heavy atom. The number of para-hydroxylation sites is 2. The second-order valence-electron chi connectivity index (χ2n) is 5.68. The van der Waals surface area contributed by atoms with Crippen molar-refractivity contribution in [2.45, 2.75) is 6.42 Å². The van der Waals surface area contributed by atoms with Gasteiger partial charge in [0, 0.05) is 11.6 Å². The van der Waals surface area contributed by atoms with Gasteiger partial charge in [-0.2, -0.15) is 0 Å². The molecule has 0 aliphatic rings. The number of carbonyl (C=O) groups is 2. The quantitative estimate of drug-likeness (QED) is 0.402. The molecule has 1 heterocycles. The van der Waals surface area contributed by atoms with E-state index in [1.807, 2.05) is 18.2 Å². The Morgan fingerprint density at radius 1 is 0.962 bits per heavy atom. The number of nitrogen functional groups attached to an aromatic ring is 1. The van der Waals surface area contributed by atoms with Crippen LogP contribution in [0.1, 0.15) is 21.9 Å². The van der Waals surface area contributed by atoms with E-state index < -0.39 is 0 Å². The highest BCUT2D eigenvalue weighted by atomic mass is 16.3. The van der Waals surface area contributed by atoms with Gasteiger partial charge in [0.05, 0.1) is 17.8 Å². The van der Waals surface area contributed by atoms with E-state index in [2.05, 4.69) is 5.32 Å². The molecule has 0 spiro atoms. The molecule has 1 amide bonds. The molecular weight excluding hydrogens is 328 g/mol. The molecule has 3 aromatic rings. The van der Waals surface area contributed by atoms with Crippen LogP contribution in [0.3, 0.4) is 0 Å². The van der Waals surface area contributed by atoms with E-state index in [1.165, 1.54) is 6.08 Å². The van der Waals surface area contributed by atoms with Gasteiger partial charge in [-0.05, 0) is 30.3 Å². The van der Waals surface area contributed by atoms with Gasteiger partial charge >= 0.3 is 0 Å². The van der Waals surface area contributed by atoms with Crippen molar-refractivity contribution in [1.29, 1.82) is 0 Å². The smallest absolute Gasteiger partial charge is 0.248 e. The van der Waals surface area contributed by atoms with Gasteiger partial charge in [0.1, 0.15) is 11.5 Å². The molecule has 5 heteroatoms. The summed E-state index contributed by atoms with van der Waals surface area (Å²) < 4.78 is 5.59. The van der Waals surface area contributed by atoms with Crippen LogP contribution < -0.4 is 11.1 Å². The molecule has 0 unspecified atom stereocenters. The number of hydrogen-bond donors (Lipinski definition) is 2. The van der Waals surface area contributed by atoms with Gasteiger partial charge in [0.25, 0.3) is 0 Å². The highest BCUT2D eigenvalue weighted by Gasteiger charge is 2.09. The first-order chi connectivity index (χ1) is 12.6. The Bertz CT molecular complexity index is 943. The third-order valence-electron chi connectivity index (χ3n) is 3.73. The van der Waals surface area contributed by atoms with Gasteiger partial charge in [0.2, 0.25) is 5.91 Å². The van der Waals surface area contributed by atoms with Crippen LogP contribution in [0.5, 0.6) is 0 Å². The largest absolute Gasteiger partial charge is 0.461 e. The van der Waals surface area contributed by atoms with Crippen molar-refractivity contribution in [2.75, 3.05) is 11.1 Å². The van der Waals surface area contributed by atoms with Crippen LogP contribution in [0.2, 0.25) is 0 Å². The highest BCUT2D eigenvalue weighted by molar-refractivity contribution is 6.03. The van der Waals surface area contributed by atoms with Crippen molar-refractivity contribution >= 4 is 29.1 Å². The van der Waals surface area contributed by atoms with E-state index in [4.69, 9.17) is 10.2 Å². The lowest BCUT2D eigenvalue weighted by atomic mass is 10.1. The zero-order chi connectivity index (χ0) is 18.4. The average molecular weight is 346 g/mol. The number of hydrogen-bond acceptors (Lipinski definition) is 4. The Balaban J connectivity index is 1.59. The zero-order valence-electron chi connectivity index (χ0n) is 14.0. The second kappa shape index (κ2) is 7.98. The van der Waals surface area contributed by atoms with Crippen molar-refractivity contribution in [3.05, 3.63) is 89.9 Å². The molecule has 26 heavy (non-hydrogen) atoms. The van der Waals surface area contributed by atoms with Gasteiger partial charge in [-0.25, -0.2) is 0 Å². The molecule has 0 atom stereocenters. The first-order valence-corrected chi connectivity index (χ1v) is 8.12. The summed E-state index contributed by atoms with van der Waals surface area (Å²) in [5, 5.41) is 2.69. The summed E-state index contributed by atoms with van der Waals surface area (Å²) in [4.78, 5) is 24.1. The Morgan fingerprint density at radius 3 is 2.46 bits per heavy atom. The minimum atomic E-state index is -0.318. The van der Waals surface area contributed by atoms with Crippen LogP contribution in [0.25, 0.3) is 6.08 Å². The number of Topliss-reactive ketones (excluding diaryl/α,β-unsaturated/α-hetero) is 1.